The molecular weight excluding hydrogens is 409 g/mol. The van der Waals surface area contributed by atoms with Gasteiger partial charge in [-0.2, -0.15) is 5.26 Å². The Morgan fingerprint density at radius 2 is 1.97 bits per heavy atom. The lowest BCUT2D eigenvalue weighted by Gasteiger charge is -2.41. The first-order chi connectivity index (χ1) is 15.3. The van der Waals surface area contributed by atoms with Gasteiger partial charge in [0.1, 0.15) is 11.9 Å². The first-order valence-corrected chi connectivity index (χ1v) is 11.6. The van der Waals surface area contributed by atoms with Gasteiger partial charge in [0.2, 0.25) is 11.8 Å². The summed E-state index contributed by atoms with van der Waals surface area (Å²) >= 11 is 0. The third-order valence-corrected chi connectivity index (χ3v) is 7.71. The Labute approximate surface area is 187 Å². The minimum atomic E-state index is -0.733. The Morgan fingerprint density at radius 1 is 1.25 bits per heavy atom. The van der Waals surface area contributed by atoms with Crippen LogP contribution in [0.2, 0.25) is 0 Å². The molecule has 0 aromatic heterocycles. The van der Waals surface area contributed by atoms with E-state index in [0.29, 0.717) is 19.0 Å². The van der Waals surface area contributed by atoms with Crippen molar-refractivity contribution in [2.75, 3.05) is 13.1 Å². The third kappa shape index (κ3) is 3.39. The van der Waals surface area contributed by atoms with Crippen LogP contribution in [0.25, 0.3) is 0 Å². The Bertz CT molecular complexity index is 960. The van der Waals surface area contributed by atoms with Crippen LogP contribution >= 0.6 is 0 Å². The Balaban J connectivity index is 1.27. The molecule has 4 aliphatic rings. The highest BCUT2D eigenvalue weighted by Crippen LogP contribution is 2.48. The van der Waals surface area contributed by atoms with Crippen LogP contribution in [-0.2, 0) is 9.59 Å². The molecule has 1 aromatic carbocycles. The molecule has 1 saturated carbocycles. The largest absolute Gasteiger partial charge is 0.330 e. The molecule has 2 bridgehead atoms. The number of nitriles is 1. The number of piperidine rings is 1. The molecule has 8 heteroatoms. The smallest absolute Gasteiger partial charge is 0.242 e. The van der Waals surface area contributed by atoms with Gasteiger partial charge >= 0.3 is 0 Å². The van der Waals surface area contributed by atoms with Crippen molar-refractivity contribution < 1.29 is 14.0 Å². The third-order valence-electron chi connectivity index (χ3n) is 7.71. The minimum Gasteiger partial charge on any atom is -0.330 e. The highest BCUT2D eigenvalue weighted by molar-refractivity contribution is 5.87. The van der Waals surface area contributed by atoms with Gasteiger partial charge in [0.25, 0.3) is 0 Å². The van der Waals surface area contributed by atoms with E-state index in [0.717, 1.165) is 24.8 Å². The van der Waals surface area contributed by atoms with Gasteiger partial charge in [0.05, 0.1) is 24.2 Å². The highest BCUT2D eigenvalue weighted by atomic mass is 19.1. The summed E-state index contributed by atoms with van der Waals surface area (Å²) in [6.07, 6.45) is 2.44. The molecule has 32 heavy (non-hydrogen) atoms. The Morgan fingerprint density at radius 3 is 2.59 bits per heavy atom. The first kappa shape index (κ1) is 21.4. The number of hydrogen-bond donors (Lipinski definition) is 1. The van der Waals surface area contributed by atoms with E-state index in [4.69, 9.17) is 5.73 Å². The molecule has 0 radical (unpaired) electrons. The zero-order valence-corrected chi connectivity index (χ0v) is 18.5. The number of benzene rings is 1. The number of piperazine rings is 1. The highest BCUT2D eigenvalue weighted by Gasteiger charge is 2.56. The first-order valence-electron chi connectivity index (χ1n) is 11.6. The van der Waals surface area contributed by atoms with Gasteiger partial charge in [0.15, 0.2) is 0 Å². The fourth-order valence-electron chi connectivity index (χ4n) is 6.19. The van der Waals surface area contributed by atoms with Crippen molar-refractivity contribution in [2.45, 2.75) is 69.4 Å². The maximum atomic E-state index is 13.4. The predicted molar refractivity (Wildman–Crippen MR) is 115 cm³/mol. The summed E-state index contributed by atoms with van der Waals surface area (Å²) in [5.74, 6) is 0.241. The second-order valence-electron chi connectivity index (χ2n) is 10.1. The number of nitrogens with zero attached hydrogens (tertiary/aromatic N) is 4. The standard InChI is InChI=1S/C24H30FN5O2/c1-13(2)22(14-3-5-16(25)6-4-14)30-18-9-21(24(30)32)28(11-18)12-19(27)23(31)29-17(10-26)7-15-8-20(15)29/h3-6,13,15,17-22H,7-9,11-12,27H2,1-2H3/t15?,17-,18+,19-,20-,21+,22-/m0/s1. The zero-order chi connectivity index (χ0) is 22.7. The van der Waals surface area contributed by atoms with Crippen LogP contribution in [0.1, 0.15) is 44.7 Å². The average Bonchev–Trinajstić information content (AvgIpc) is 3.10. The van der Waals surface area contributed by atoms with Gasteiger partial charge in [-0.05, 0) is 48.8 Å². The molecule has 0 spiro atoms. The van der Waals surface area contributed by atoms with Crippen LogP contribution in [0.15, 0.2) is 24.3 Å². The fourth-order valence-corrected chi connectivity index (χ4v) is 6.19. The molecule has 170 valence electrons. The number of amides is 2. The van der Waals surface area contributed by atoms with Gasteiger partial charge in [-0.3, -0.25) is 14.5 Å². The van der Waals surface area contributed by atoms with Crippen molar-refractivity contribution in [2.24, 2.45) is 17.6 Å². The molecule has 3 saturated heterocycles. The number of carbonyl (C=O) groups excluding carboxylic acids is 2. The summed E-state index contributed by atoms with van der Waals surface area (Å²) in [6, 6.07) is 7.39. The molecule has 2 N–H and O–H groups in total. The topological polar surface area (TPSA) is 93.7 Å². The van der Waals surface area contributed by atoms with Crippen LogP contribution in [0.4, 0.5) is 4.39 Å². The minimum absolute atomic E-state index is 0.0544. The van der Waals surface area contributed by atoms with Gasteiger partial charge in [-0.25, -0.2) is 4.39 Å². The lowest BCUT2D eigenvalue weighted by atomic mass is 9.93. The van der Waals surface area contributed by atoms with Crippen LogP contribution in [-0.4, -0.2) is 69.8 Å². The van der Waals surface area contributed by atoms with Gasteiger partial charge in [-0.15, -0.1) is 0 Å². The molecule has 5 rings (SSSR count). The van der Waals surface area contributed by atoms with Crippen molar-refractivity contribution in [3.05, 3.63) is 35.6 Å². The van der Waals surface area contributed by atoms with Crippen LogP contribution in [0, 0.1) is 29.0 Å². The van der Waals surface area contributed by atoms with Gasteiger partial charge < -0.3 is 15.5 Å². The maximum absolute atomic E-state index is 13.4. The fraction of sp³-hybridized carbons (Fsp3) is 0.625. The van der Waals surface area contributed by atoms with E-state index in [1.807, 2.05) is 9.80 Å². The molecular formula is C24H30FN5O2. The van der Waals surface area contributed by atoms with E-state index in [-0.39, 0.29) is 53.8 Å². The number of halogens is 1. The number of rotatable bonds is 6. The van der Waals surface area contributed by atoms with Crippen molar-refractivity contribution >= 4 is 11.8 Å². The van der Waals surface area contributed by atoms with Gasteiger partial charge in [0, 0.05) is 25.2 Å². The maximum Gasteiger partial charge on any atom is 0.242 e. The summed E-state index contributed by atoms with van der Waals surface area (Å²) in [5.41, 5.74) is 7.24. The number of nitrogens with two attached hydrogens (primary N) is 1. The van der Waals surface area contributed by atoms with Gasteiger partial charge in [-0.1, -0.05) is 26.0 Å². The van der Waals surface area contributed by atoms with Crippen LogP contribution in [0.5, 0.6) is 0 Å². The van der Waals surface area contributed by atoms with Crippen molar-refractivity contribution in [3.63, 3.8) is 0 Å². The lowest BCUT2D eigenvalue weighted by molar-refractivity contribution is -0.142. The second kappa shape index (κ2) is 7.82. The Hall–Kier alpha value is -2.50. The SMILES string of the molecule is CC(C)[C@@H](c1ccc(F)cc1)N1C(=O)[C@H]2C[C@@H]1CN2C[C@H](N)C(=O)N1[C@H](C#N)CC2C[C@@H]21. The monoisotopic (exact) mass is 439 g/mol. The molecule has 2 amide bonds. The summed E-state index contributed by atoms with van der Waals surface area (Å²) in [5, 5.41) is 9.38. The number of hydrogen-bond acceptors (Lipinski definition) is 5. The molecule has 1 aromatic rings. The zero-order valence-electron chi connectivity index (χ0n) is 18.5. The number of fused-ring (bicyclic) bond motifs is 3. The van der Waals surface area contributed by atoms with Crippen molar-refractivity contribution in [1.29, 1.82) is 5.26 Å². The van der Waals surface area contributed by atoms with E-state index in [2.05, 4.69) is 19.9 Å². The normalized spacial score (nSPS) is 32.9. The second-order valence-corrected chi connectivity index (χ2v) is 10.1. The van der Waals surface area contributed by atoms with Crippen molar-refractivity contribution in [3.8, 4) is 6.07 Å². The molecule has 1 aliphatic carbocycles. The number of carbonyl (C=O) groups is 2. The summed E-state index contributed by atoms with van der Waals surface area (Å²) in [6.45, 7) is 5.16. The summed E-state index contributed by atoms with van der Waals surface area (Å²) < 4.78 is 13.4. The number of likely N-dealkylation sites (tertiary alicyclic amines) is 3. The molecule has 1 unspecified atom stereocenters. The molecule has 7 nitrogen and oxygen atoms in total. The molecule has 7 atom stereocenters. The quantitative estimate of drug-likeness (QED) is 0.728. The van der Waals surface area contributed by atoms with Crippen molar-refractivity contribution in [1.82, 2.24) is 14.7 Å². The van der Waals surface area contributed by atoms with Crippen LogP contribution < -0.4 is 5.73 Å². The van der Waals surface area contributed by atoms with Crippen LogP contribution in [0.3, 0.4) is 0 Å². The van der Waals surface area contributed by atoms with E-state index < -0.39 is 6.04 Å². The molecule has 3 heterocycles. The van der Waals surface area contributed by atoms with E-state index in [1.165, 1.54) is 12.1 Å². The molecule has 4 fully saturated rings. The average molecular weight is 440 g/mol. The molecule has 3 aliphatic heterocycles. The lowest BCUT2D eigenvalue weighted by Crippen LogP contribution is -2.57. The predicted octanol–water partition coefficient (Wildman–Crippen LogP) is 1.65. The van der Waals surface area contributed by atoms with E-state index in [1.54, 1.807) is 17.0 Å². The summed E-state index contributed by atoms with van der Waals surface area (Å²) in [4.78, 5) is 32.1. The summed E-state index contributed by atoms with van der Waals surface area (Å²) in [7, 11) is 0. The Kier molecular flexibility index (Phi) is 5.22. The van der Waals surface area contributed by atoms with E-state index >= 15 is 0 Å². The van der Waals surface area contributed by atoms with E-state index in [9.17, 15) is 19.2 Å².